The van der Waals surface area contributed by atoms with Crippen LogP contribution in [0.25, 0.3) is 0 Å². The van der Waals surface area contributed by atoms with Gasteiger partial charge in [0.1, 0.15) is 12.2 Å². The highest BCUT2D eigenvalue weighted by Gasteiger charge is 2.29. The largest absolute Gasteiger partial charge is 0.381 e. The first-order valence-electron chi connectivity index (χ1n) is 10.2. The van der Waals surface area contributed by atoms with E-state index in [1.54, 1.807) is 0 Å². The zero-order chi connectivity index (χ0) is 20.4. The fourth-order valence-electron chi connectivity index (χ4n) is 4.12. The zero-order valence-electron chi connectivity index (χ0n) is 17.9. The number of nitrogens with one attached hydrogen (secondary N) is 2. The van der Waals surface area contributed by atoms with Crippen LogP contribution in [-0.4, -0.2) is 23.5 Å². The fourth-order valence-corrected chi connectivity index (χ4v) is 4.12. The summed E-state index contributed by atoms with van der Waals surface area (Å²) < 4.78 is 0. The van der Waals surface area contributed by atoms with Crippen molar-refractivity contribution in [2.75, 3.05) is 22.1 Å². The van der Waals surface area contributed by atoms with E-state index in [0.29, 0.717) is 6.04 Å². The second-order valence-electron chi connectivity index (χ2n) is 8.08. The summed E-state index contributed by atoms with van der Waals surface area (Å²) in [7, 11) is 0. The van der Waals surface area contributed by atoms with E-state index < -0.39 is 0 Å². The third-order valence-electron chi connectivity index (χ3n) is 5.25. The molecular weight excluding hydrogens is 348 g/mol. The number of pyridine rings is 1. The molecule has 28 heavy (non-hydrogen) atoms. The molecule has 2 aromatic rings. The van der Waals surface area contributed by atoms with Gasteiger partial charge in [-0.2, -0.15) is 0 Å². The topological polar surface area (TPSA) is 57.3 Å². The first-order valence-corrected chi connectivity index (χ1v) is 10.2. The van der Waals surface area contributed by atoms with Gasteiger partial charge in [0.25, 0.3) is 0 Å². The van der Waals surface area contributed by atoms with Crippen molar-refractivity contribution < 1.29 is 4.79 Å². The lowest BCUT2D eigenvalue weighted by atomic mass is 10.0. The third-order valence-corrected chi connectivity index (χ3v) is 5.25. The normalized spacial score (nSPS) is 14.5. The minimum atomic E-state index is -0.0122. The van der Waals surface area contributed by atoms with E-state index in [0.717, 1.165) is 46.1 Å². The van der Waals surface area contributed by atoms with E-state index in [1.165, 1.54) is 18.4 Å². The summed E-state index contributed by atoms with van der Waals surface area (Å²) in [6.07, 6.45) is 3.46. The second kappa shape index (κ2) is 8.21. The Labute approximate surface area is 168 Å². The number of carbonyl (C=O) groups is 1. The Hall–Kier alpha value is -2.56. The average molecular weight is 381 g/mol. The molecule has 0 fully saturated rings. The molecule has 3 rings (SSSR count). The van der Waals surface area contributed by atoms with E-state index in [4.69, 9.17) is 4.98 Å². The van der Waals surface area contributed by atoms with Crippen LogP contribution >= 0.6 is 0 Å². The van der Waals surface area contributed by atoms with Crippen LogP contribution in [0.1, 0.15) is 55.5 Å². The molecule has 5 nitrogen and oxygen atoms in total. The van der Waals surface area contributed by atoms with Crippen LogP contribution in [-0.2, 0) is 4.79 Å². The summed E-state index contributed by atoms with van der Waals surface area (Å²) in [4.78, 5) is 19.5. The molecule has 150 valence electrons. The van der Waals surface area contributed by atoms with E-state index in [1.807, 2.05) is 13.0 Å². The summed E-state index contributed by atoms with van der Waals surface area (Å²) >= 11 is 0. The summed E-state index contributed by atoms with van der Waals surface area (Å²) in [6.45, 7) is 13.0. The van der Waals surface area contributed by atoms with Crippen molar-refractivity contribution in [3.05, 3.63) is 40.6 Å². The molecule has 1 aromatic heterocycles. The van der Waals surface area contributed by atoms with Crippen LogP contribution in [0, 0.1) is 27.7 Å². The van der Waals surface area contributed by atoms with Gasteiger partial charge in [-0.1, -0.05) is 37.5 Å². The Bertz CT molecular complexity index is 867. The lowest BCUT2D eigenvalue weighted by Gasteiger charge is -2.34. The molecule has 0 radical (unpaired) electrons. The zero-order valence-corrected chi connectivity index (χ0v) is 17.9. The summed E-state index contributed by atoms with van der Waals surface area (Å²) in [5.41, 5.74) is 7.29. The quantitative estimate of drug-likeness (QED) is 0.705. The van der Waals surface area contributed by atoms with E-state index in [-0.39, 0.29) is 12.5 Å². The van der Waals surface area contributed by atoms with Gasteiger partial charge >= 0.3 is 0 Å². The standard InChI is InChI=1S/C23H32N4O/c1-7-8-9-17(5)24-19-12-18(6)25-23-21(19)26-20(28)13-27(23)22-15(3)10-14(2)11-16(22)4/h10-12,17H,7-9,13H2,1-6H3,(H,24,25)(H,26,28). The predicted molar refractivity (Wildman–Crippen MR) is 118 cm³/mol. The second-order valence-corrected chi connectivity index (χ2v) is 8.08. The first-order chi connectivity index (χ1) is 13.3. The van der Waals surface area contributed by atoms with Gasteiger partial charge < -0.3 is 15.5 Å². The molecule has 1 unspecified atom stereocenters. The molecule has 5 heteroatoms. The Morgan fingerprint density at radius 3 is 2.50 bits per heavy atom. The fraction of sp³-hybridized carbons (Fsp3) is 0.478. The minimum Gasteiger partial charge on any atom is -0.381 e. The molecule has 1 aromatic carbocycles. The smallest absolute Gasteiger partial charge is 0.244 e. The van der Waals surface area contributed by atoms with Crippen molar-refractivity contribution in [2.45, 2.75) is 66.8 Å². The Balaban J connectivity index is 2.07. The summed E-state index contributed by atoms with van der Waals surface area (Å²) in [5, 5.41) is 6.66. The number of fused-ring (bicyclic) bond motifs is 1. The number of unbranched alkanes of at least 4 members (excludes halogenated alkanes) is 1. The number of anilines is 4. The third kappa shape index (κ3) is 4.13. The van der Waals surface area contributed by atoms with Crippen molar-refractivity contribution in [3.63, 3.8) is 0 Å². The molecule has 0 spiro atoms. The Morgan fingerprint density at radius 1 is 1.18 bits per heavy atom. The number of aromatic nitrogens is 1. The highest BCUT2D eigenvalue weighted by Crippen LogP contribution is 2.41. The number of nitrogens with zero attached hydrogens (tertiary/aromatic N) is 2. The number of aryl methyl sites for hydroxylation is 4. The Kier molecular flexibility index (Phi) is 5.92. The number of amides is 1. The molecule has 1 atom stereocenters. The van der Waals surface area contributed by atoms with Gasteiger partial charge in [-0.05, 0) is 58.2 Å². The van der Waals surface area contributed by atoms with Gasteiger partial charge in [0.2, 0.25) is 5.91 Å². The van der Waals surface area contributed by atoms with Crippen molar-refractivity contribution in [2.24, 2.45) is 0 Å². The molecular formula is C23H32N4O. The van der Waals surface area contributed by atoms with Gasteiger partial charge in [-0.15, -0.1) is 0 Å². The number of carbonyl (C=O) groups excluding carboxylic acids is 1. The van der Waals surface area contributed by atoms with Crippen LogP contribution < -0.4 is 15.5 Å². The maximum Gasteiger partial charge on any atom is 0.244 e. The Morgan fingerprint density at radius 2 is 1.86 bits per heavy atom. The molecule has 2 N–H and O–H groups in total. The highest BCUT2D eigenvalue weighted by molar-refractivity contribution is 6.06. The van der Waals surface area contributed by atoms with Crippen molar-refractivity contribution in [1.29, 1.82) is 0 Å². The summed E-state index contributed by atoms with van der Waals surface area (Å²) in [5.74, 6) is 0.807. The molecule has 1 aliphatic rings. The number of benzene rings is 1. The van der Waals surface area contributed by atoms with Gasteiger partial charge in [0.05, 0.1) is 5.69 Å². The van der Waals surface area contributed by atoms with Crippen LogP contribution in [0.5, 0.6) is 0 Å². The molecule has 1 aliphatic heterocycles. The van der Waals surface area contributed by atoms with Crippen LogP contribution in [0.3, 0.4) is 0 Å². The van der Waals surface area contributed by atoms with Gasteiger partial charge in [0.15, 0.2) is 5.82 Å². The lowest BCUT2D eigenvalue weighted by molar-refractivity contribution is -0.115. The molecule has 0 aliphatic carbocycles. The number of rotatable bonds is 6. The van der Waals surface area contributed by atoms with E-state index in [2.05, 4.69) is 62.3 Å². The molecule has 0 saturated carbocycles. The van der Waals surface area contributed by atoms with Gasteiger partial charge in [-0.25, -0.2) is 4.98 Å². The number of hydrogen-bond acceptors (Lipinski definition) is 4. The highest BCUT2D eigenvalue weighted by atomic mass is 16.2. The van der Waals surface area contributed by atoms with Crippen LogP contribution in [0.4, 0.5) is 22.9 Å². The van der Waals surface area contributed by atoms with E-state index >= 15 is 0 Å². The lowest BCUT2D eigenvalue weighted by Crippen LogP contribution is -2.37. The summed E-state index contributed by atoms with van der Waals surface area (Å²) in [6, 6.07) is 6.69. The first kappa shape index (κ1) is 20.2. The van der Waals surface area contributed by atoms with Crippen LogP contribution in [0.15, 0.2) is 18.2 Å². The molecule has 1 amide bonds. The maximum absolute atomic E-state index is 12.6. The molecule has 0 saturated heterocycles. The van der Waals surface area contributed by atoms with Gasteiger partial charge in [0, 0.05) is 17.4 Å². The average Bonchev–Trinajstić information content (AvgIpc) is 2.60. The van der Waals surface area contributed by atoms with Crippen molar-refractivity contribution in [3.8, 4) is 0 Å². The minimum absolute atomic E-state index is 0.0122. The van der Waals surface area contributed by atoms with Gasteiger partial charge in [-0.3, -0.25) is 4.79 Å². The van der Waals surface area contributed by atoms with E-state index in [9.17, 15) is 4.79 Å². The monoisotopic (exact) mass is 380 g/mol. The van der Waals surface area contributed by atoms with Crippen molar-refractivity contribution >= 4 is 28.8 Å². The van der Waals surface area contributed by atoms with Crippen LogP contribution in [0.2, 0.25) is 0 Å². The van der Waals surface area contributed by atoms with Crippen molar-refractivity contribution in [1.82, 2.24) is 4.98 Å². The number of hydrogen-bond donors (Lipinski definition) is 2. The molecule has 0 bridgehead atoms. The molecule has 2 heterocycles. The SMILES string of the molecule is CCCCC(C)Nc1cc(C)nc2c1NC(=O)CN2c1c(C)cc(C)cc1C. The maximum atomic E-state index is 12.6. The predicted octanol–water partition coefficient (Wildman–Crippen LogP) is 5.40.